The number of nitriles is 1. The number of piperidine rings is 1. The van der Waals surface area contributed by atoms with Crippen LogP contribution in [0.15, 0.2) is 0 Å². The summed E-state index contributed by atoms with van der Waals surface area (Å²) in [5.74, 6) is -0.333. The average molecular weight is 250 g/mol. The van der Waals surface area contributed by atoms with E-state index in [9.17, 15) is 4.79 Å². The van der Waals surface area contributed by atoms with Gasteiger partial charge in [-0.1, -0.05) is 40.5 Å². The molecule has 0 aromatic heterocycles. The minimum atomic E-state index is -0.472. The lowest BCUT2D eigenvalue weighted by Crippen LogP contribution is -2.45. The Labute approximate surface area is 111 Å². The van der Waals surface area contributed by atoms with Gasteiger partial charge in [0.2, 0.25) is 5.91 Å². The van der Waals surface area contributed by atoms with Crippen LogP contribution in [-0.2, 0) is 4.79 Å². The fourth-order valence-electron chi connectivity index (χ4n) is 2.84. The van der Waals surface area contributed by atoms with Crippen LogP contribution in [0.1, 0.15) is 53.4 Å². The quantitative estimate of drug-likeness (QED) is 0.769. The van der Waals surface area contributed by atoms with Crippen molar-refractivity contribution in [3.63, 3.8) is 0 Å². The van der Waals surface area contributed by atoms with E-state index in [2.05, 4.69) is 19.9 Å². The number of carbonyl (C=O) groups is 1. The van der Waals surface area contributed by atoms with Crippen LogP contribution in [-0.4, -0.2) is 23.9 Å². The van der Waals surface area contributed by atoms with Gasteiger partial charge >= 0.3 is 0 Å². The van der Waals surface area contributed by atoms with Crippen molar-refractivity contribution >= 4 is 5.91 Å². The Morgan fingerprint density at radius 2 is 1.78 bits per heavy atom. The Hall–Kier alpha value is -1.04. The Morgan fingerprint density at radius 3 is 2.11 bits per heavy atom. The van der Waals surface area contributed by atoms with Gasteiger partial charge in [-0.3, -0.25) is 4.79 Å². The Bertz CT molecular complexity index is 316. The molecule has 1 amide bonds. The van der Waals surface area contributed by atoms with Crippen LogP contribution in [0.3, 0.4) is 0 Å². The first-order valence-corrected chi connectivity index (χ1v) is 7.18. The van der Waals surface area contributed by atoms with Gasteiger partial charge in [0, 0.05) is 13.1 Å². The predicted octanol–water partition coefficient (Wildman–Crippen LogP) is 3.21. The van der Waals surface area contributed by atoms with Crippen LogP contribution in [0.5, 0.6) is 0 Å². The highest BCUT2D eigenvalue weighted by Gasteiger charge is 2.35. The number of hydrogen-bond acceptors (Lipinski definition) is 2. The molecule has 1 unspecified atom stereocenters. The molecule has 1 fully saturated rings. The molecule has 0 bridgehead atoms. The van der Waals surface area contributed by atoms with Crippen LogP contribution in [0, 0.1) is 28.6 Å². The third-order valence-electron chi connectivity index (χ3n) is 4.71. The normalized spacial score (nSPS) is 20.6. The standard InChI is InChI=1S/C15H26N2O/c1-5-15(6-2)7-9-17(10-8-15)14(18)13(11-16)12(3)4/h12-13H,5-10H2,1-4H3. The Balaban J connectivity index is 2.63. The molecule has 1 rings (SSSR count). The molecule has 1 aliphatic rings. The smallest absolute Gasteiger partial charge is 0.240 e. The summed E-state index contributed by atoms with van der Waals surface area (Å²) >= 11 is 0. The summed E-state index contributed by atoms with van der Waals surface area (Å²) in [6.45, 7) is 10.0. The van der Waals surface area contributed by atoms with E-state index in [0.717, 1.165) is 25.9 Å². The number of nitrogens with zero attached hydrogens (tertiary/aromatic N) is 2. The average Bonchev–Trinajstić information content (AvgIpc) is 2.39. The molecule has 1 saturated heterocycles. The molecule has 3 heteroatoms. The van der Waals surface area contributed by atoms with Crippen molar-refractivity contribution in [2.75, 3.05) is 13.1 Å². The zero-order chi connectivity index (χ0) is 13.8. The molecule has 0 aromatic carbocycles. The maximum Gasteiger partial charge on any atom is 0.240 e. The lowest BCUT2D eigenvalue weighted by molar-refractivity contribution is -0.137. The van der Waals surface area contributed by atoms with Gasteiger partial charge in [0.05, 0.1) is 6.07 Å². The van der Waals surface area contributed by atoms with E-state index in [1.165, 1.54) is 12.8 Å². The molecule has 0 aromatic rings. The highest BCUT2D eigenvalue weighted by molar-refractivity contribution is 5.81. The Kier molecular flexibility index (Phi) is 5.19. The summed E-state index contributed by atoms with van der Waals surface area (Å²) in [4.78, 5) is 14.2. The van der Waals surface area contributed by atoms with Gasteiger partial charge in [0.15, 0.2) is 0 Å². The molecule has 1 heterocycles. The van der Waals surface area contributed by atoms with Crippen LogP contribution in [0.25, 0.3) is 0 Å². The van der Waals surface area contributed by atoms with Gasteiger partial charge in [-0.2, -0.15) is 5.26 Å². The van der Waals surface area contributed by atoms with E-state index in [1.54, 1.807) is 0 Å². The number of likely N-dealkylation sites (tertiary alicyclic amines) is 1. The second-order valence-corrected chi connectivity index (χ2v) is 5.88. The van der Waals surface area contributed by atoms with Crippen LogP contribution in [0.4, 0.5) is 0 Å². The monoisotopic (exact) mass is 250 g/mol. The number of hydrogen-bond donors (Lipinski definition) is 0. The van der Waals surface area contributed by atoms with E-state index >= 15 is 0 Å². The molecular formula is C15H26N2O. The molecule has 0 radical (unpaired) electrons. The summed E-state index contributed by atoms with van der Waals surface area (Å²) in [6.07, 6.45) is 4.55. The maximum absolute atomic E-state index is 12.3. The molecule has 3 nitrogen and oxygen atoms in total. The van der Waals surface area contributed by atoms with Gasteiger partial charge < -0.3 is 4.90 Å². The zero-order valence-electron chi connectivity index (χ0n) is 12.2. The third-order valence-corrected chi connectivity index (χ3v) is 4.71. The molecule has 18 heavy (non-hydrogen) atoms. The van der Waals surface area contributed by atoms with E-state index < -0.39 is 5.92 Å². The van der Waals surface area contributed by atoms with E-state index in [0.29, 0.717) is 5.41 Å². The summed E-state index contributed by atoms with van der Waals surface area (Å²) in [5.41, 5.74) is 0.427. The summed E-state index contributed by atoms with van der Waals surface area (Å²) in [7, 11) is 0. The second-order valence-electron chi connectivity index (χ2n) is 5.88. The largest absolute Gasteiger partial charge is 0.342 e. The predicted molar refractivity (Wildman–Crippen MR) is 72.8 cm³/mol. The summed E-state index contributed by atoms with van der Waals surface area (Å²) in [5, 5.41) is 9.10. The minimum Gasteiger partial charge on any atom is -0.342 e. The van der Waals surface area contributed by atoms with Crippen LogP contribution in [0.2, 0.25) is 0 Å². The number of rotatable bonds is 4. The fraction of sp³-hybridized carbons (Fsp3) is 0.867. The van der Waals surface area contributed by atoms with Gasteiger partial charge in [-0.05, 0) is 24.2 Å². The van der Waals surface area contributed by atoms with Crippen molar-refractivity contribution in [1.82, 2.24) is 4.90 Å². The molecule has 102 valence electrons. The van der Waals surface area contributed by atoms with Crippen molar-refractivity contribution in [2.24, 2.45) is 17.3 Å². The minimum absolute atomic E-state index is 0.0355. The molecule has 1 aliphatic heterocycles. The van der Waals surface area contributed by atoms with Gasteiger partial charge in [-0.25, -0.2) is 0 Å². The van der Waals surface area contributed by atoms with Crippen LogP contribution >= 0.6 is 0 Å². The van der Waals surface area contributed by atoms with Crippen molar-refractivity contribution in [3.8, 4) is 6.07 Å². The zero-order valence-corrected chi connectivity index (χ0v) is 12.2. The highest BCUT2D eigenvalue weighted by Crippen LogP contribution is 2.38. The van der Waals surface area contributed by atoms with Crippen molar-refractivity contribution in [2.45, 2.75) is 53.4 Å². The summed E-state index contributed by atoms with van der Waals surface area (Å²) < 4.78 is 0. The third kappa shape index (κ3) is 3.04. The molecular weight excluding hydrogens is 224 g/mol. The maximum atomic E-state index is 12.3. The highest BCUT2D eigenvalue weighted by atomic mass is 16.2. The van der Waals surface area contributed by atoms with Crippen molar-refractivity contribution in [3.05, 3.63) is 0 Å². The van der Waals surface area contributed by atoms with Gasteiger partial charge in [0.1, 0.15) is 5.92 Å². The van der Waals surface area contributed by atoms with E-state index in [4.69, 9.17) is 5.26 Å². The molecule has 0 N–H and O–H groups in total. The fourth-order valence-corrected chi connectivity index (χ4v) is 2.84. The molecule has 0 spiro atoms. The lowest BCUT2D eigenvalue weighted by atomic mass is 9.74. The van der Waals surface area contributed by atoms with E-state index in [1.807, 2.05) is 18.7 Å². The lowest BCUT2D eigenvalue weighted by Gasteiger charge is -2.41. The molecule has 0 saturated carbocycles. The van der Waals surface area contributed by atoms with E-state index in [-0.39, 0.29) is 11.8 Å². The first kappa shape index (κ1) is 15.0. The number of amides is 1. The first-order chi connectivity index (χ1) is 8.49. The topological polar surface area (TPSA) is 44.1 Å². The van der Waals surface area contributed by atoms with Gasteiger partial charge in [-0.15, -0.1) is 0 Å². The van der Waals surface area contributed by atoms with Gasteiger partial charge in [0.25, 0.3) is 0 Å². The number of carbonyl (C=O) groups excluding carboxylic acids is 1. The molecule has 1 atom stereocenters. The first-order valence-electron chi connectivity index (χ1n) is 7.18. The Morgan fingerprint density at radius 1 is 1.28 bits per heavy atom. The SMILES string of the molecule is CCC1(CC)CCN(C(=O)C(C#N)C(C)C)CC1. The van der Waals surface area contributed by atoms with Crippen molar-refractivity contribution < 1.29 is 4.79 Å². The molecule has 0 aliphatic carbocycles. The summed E-state index contributed by atoms with van der Waals surface area (Å²) in [6, 6.07) is 2.16. The second kappa shape index (κ2) is 6.22. The van der Waals surface area contributed by atoms with Crippen LogP contribution < -0.4 is 0 Å². The van der Waals surface area contributed by atoms with Crippen molar-refractivity contribution in [1.29, 1.82) is 5.26 Å².